The fraction of sp³-hybridized carbons (Fsp3) is 0.429. The van der Waals surface area contributed by atoms with Crippen LogP contribution in [-0.2, 0) is 0 Å². The summed E-state index contributed by atoms with van der Waals surface area (Å²) in [7, 11) is 1.93. The van der Waals surface area contributed by atoms with E-state index in [0.717, 1.165) is 5.02 Å². The van der Waals surface area contributed by atoms with Crippen molar-refractivity contribution >= 4 is 22.9 Å². The van der Waals surface area contributed by atoms with Crippen LogP contribution < -0.4 is 5.32 Å². The summed E-state index contributed by atoms with van der Waals surface area (Å²) in [6.45, 7) is 2.09. The SMILES string of the molecule is CNC(C)c1sccc1Cl. The van der Waals surface area contributed by atoms with E-state index in [1.807, 2.05) is 18.5 Å². The van der Waals surface area contributed by atoms with Gasteiger partial charge in [0.25, 0.3) is 0 Å². The van der Waals surface area contributed by atoms with Crippen LogP contribution in [0.2, 0.25) is 5.02 Å². The highest BCUT2D eigenvalue weighted by atomic mass is 35.5. The van der Waals surface area contributed by atoms with Crippen molar-refractivity contribution < 1.29 is 0 Å². The molecule has 3 heteroatoms. The second-order valence-corrected chi connectivity index (χ2v) is 3.50. The van der Waals surface area contributed by atoms with Crippen LogP contribution >= 0.6 is 22.9 Å². The first-order chi connectivity index (χ1) is 4.75. The Labute approximate surface area is 70.0 Å². The lowest BCUT2D eigenvalue weighted by molar-refractivity contribution is 0.664. The Morgan fingerprint density at radius 3 is 2.80 bits per heavy atom. The van der Waals surface area contributed by atoms with Crippen molar-refractivity contribution in [3.63, 3.8) is 0 Å². The predicted octanol–water partition coefficient (Wildman–Crippen LogP) is 2.68. The normalized spacial score (nSPS) is 13.5. The molecule has 0 aromatic carbocycles. The van der Waals surface area contributed by atoms with E-state index < -0.39 is 0 Å². The van der Waals surface area contributed by atoms with Gasteiger partial charge in [0.2, 0.25) is 0 Å². The van der Waals surface area contributed by atoms with Crippen LogP contribution in [0.4, 0.5) is 0 Å². The van der Waals surface area contributed by atoms with Crippen molar-refractivity contribution in [2.24, 2.45) is 0 Å². The van der Waals surface area contributed by atoms with E-state index in [1.54, 1.807) is 11.3 Å². The third-order valence-electron chi connectivity index (χ3n) is 1.47. The molecule has 0 aliphatic heterocycles. The molecule has 0 aliphatic rings. The summed E-state index contributed by atoms with van der Waals surface area (Å²) in [5.74, 6) is 0. The Hall–Kier alpha value is -0.0500. The summed E-state index contributed by atoms with van der Waals surface area (Å²) in [5.41, 5.74) is 0. The largest absolute Gasteiger partial charge is 0.313 e. The number of thiophene rings is 1. The standard InChI is InChI=1S/C7H10ClNS/c1-5(9-2)7-6(8)3-4-10-7/h3-5,9H,1-2H3. The maximum Gasteiger partial charge on any atom is 0.0561 e. The Morgan fingerprint density at radius 1 is 1.70 bits per heavy atom. The molecule has 1 N–H and O–H groups in total. The summed E-state index contributed by atoms with van der Waals surface area (Å²) in [4.78, 5) is 1.21. The van der Waals surface area contributed by atoms with E-state index in [0.29, 0.717) is 6.04 Å². The molecule has 0 amide bonds. The Kier molecular flexibility index (Phi) is 2.72. The molecule has 0 fully saturated rings. The molecule has 1 aromatic rings. The van der Waals surface area contributed by atoms with E-state index in [1.165, 1.54) is 4.88 Å². The number of halogens is 1. The zero-order chi connectivity index (χ0) is 7.56. The number of hydrogen-bond acceptors (Lipinski definition) is 2. The smallest absolute Gasteiger partial charge is 0.0561 e. The number of rotatable bonds is 2. The van der Waals surface area contributed by atoms with Crippen molar-refractivity contribution in [1.29, 1.82) is 0 Å². The highest BCUT2D eigenvalue weighted by molar-refractivity contribution is 7.10. The summed E-state index contributed by atoms with van der Waals surface area (Å²) in [5, 5.41) is 6.01. The van der Waals surface area contributed by atoms with Gasteiger partial charge in [-0.1, -0.05) is 11.6 Å². The van der Waals surface area contributed by atoms with Gasteiger partial charge in [0, 0.05) is 10.9 Å². The van der Waals surface area contributed by atoms with Gasteiger partial charge in [-0.3, -0.25) is 0 Å². The Balaban J connectivity index is 2.82. The maximum absolute atomic E-state index is 5.88. The topological polar surface area (TPSA) is 12.0 Å². The zero-order valence-electron chi connectivity index (χ0n) is 6.02. The van der Waals surface area contributed by atoms with E-state index in [9.17, 15) is 0 Å². The van der Waals surface area contributed by atoms with Crippen LogP contribution in [0.15, 0.2) is 11.4 Å². The Bertz CT molecular complexity index is 209. The second-order valence-electron chi connectivity index (χ2n) is 2.14. The van der Waals surface area contributed by atoms with E-state index in [-0.39, 0.29) is 0 Å². The molecule has 1 aromatic heterocycles. The van der Waals surface area contributed by atoms with E-state index >= 15 is 0 Å². The van der Waals surface area contributed by atoms with Gasteiger partial charge in [-0.25, -0.2) is 0 Å². The molecule has 0 spiro atoms. The molecule has 0 radical (unpaired) electrons. The van der Waals surface area contributed by atoms with Crippen molar-refractivity contribution in [1.82, 2.24) is 5.32 Å². The highest BCUT2D eigenvalue weighted by Crippen LogP contribution is 2.27. The van der Waals surface area contributed by atoms with Crippen LogP contribution in [0.1, 0.15) is 17.8 Å². The third kappa shape index (κ3) is 1.51. The molecular formula is C7H10ClNS. The zero-order valence-corrected chi connectivity index (χ0v) is 7.59. The van der Waals surface area contributed by atoms with Crippen LogP contribution in [0, 0.1) is 0 Å². The fourth-order valence-corrected chi connectivity index (χ4v) is 2.03. The van der Waals surface area contributed by atoms with Crippen LogP contribution in [0.5, 0.6) is 0 Å². The molecule has 56 valence electrons. The second kappa shape index (κ2) is 3.37. The van der Waals surface area contributed by atoms with Crippen LogP contribution in [-0.4, -0.2) is 7.05 Å². The molecule has 1 atom stereocenters. The maximum atomic E-state index is 5.88. The van der Waals surface area contributed by atoms with Gasteiger partial charge in [-0.15, -0.1) is 11.3 Å². The molecule has 10 heavy (non-hydrogen) atoms. The van der Waals surface area contributed by atoms with Crippen LogP contribution in [0.3, 0.4) is 0 Å². The van der Waals surface area contributed by atoms with Crippen molar-refractivity contribution in [3.05, 3.63) is 21.3 Å². The minimum atomic E-state index is 0.368. The minimum absolute atomic E-state index is 0.368. The Morgan fingerprint density at radius 2 is 2.40 bits per heavy atom. The molecule has 0 bridgehead atoms. The molecule has 0 saturated carbocycles. The molecule has 1 rings (SSSR count). The average Bonchev–Trinajstić information content (AvgIpc) is 2.34. The lowest BCUT2D eigenvalue weighted by Gasteiger charge is -2.06. The van der Waals surface area contributed by atoms with E-state index in [2.05, 4.69) is 12.2 Å². The van der Waals surface area contributed by atoms with Crippen LogP contribution in [0.25, 0.3) is 0 Å². The number of hydrogen-bond donors (Lipinski definition) is 1. The van der Waals surface area contributed by atoms with Gasteiger partial charge in [-0.05, 0) is 25.4 Å². The van der Waals surface area contributed by atoms with Gasteiger partial charge in [-0.2, -0.15) is 0 Å². The summed E-state index contributed by atoms with van der Waals surface area (Å²) >= 11 is 7.57. The van der Waals surface area contributed by atoms with Gasteiger partial charge in [0.05, 0.1) is 5.02 Å². The van der Waals surface area contributed by atoms with Gasteiger partial charge >= 0.3 is 0 Å². The number of nitrogens with one attached hydrogen (secondary N) is 1. The van der Waals surface area contributed by atoms with Crippen molar-refractivity contribution in [2.75, 3.05) is 7.05 Å². The molecule has 1 heterocycles. The molecular weight excluding hydrogens is 166 g/mol. The van der Waals surface area contributed by atoms with Crippen molar-refractivity contribution in [2.45, 2.75) is 13.0 Å². The van der Waals surface area contributed by atoms with Crippen molar-refractivity contribution in [3.8, 4) is 0 Å². The minimum Gasteiger partial charge on any atom is -0.313 e. The molecule has 1 unspecified atom stereocenters. The lowest BCUT2D eigenvalue weighted by Crippen LogP contribution is -2.10. The summed E-state index contributed by atoms with van der Waals surface area (Å²) < 4.78 is 0. The monoisotopic (exact) mass is 175 g/mol. The molecule has 1 nitrogen and oxygen atoms in total. The first kappa shape index (κ1) is 8.05. The van der Waals surface area contributed by atoms with Gasteiger partial charge in [0.15, 0.2) is 0 Å². The van der Waals surface area contributed by atoms with Gasteiger partial charge < -0.3 is 5.32 Å². The first-order valence-corrected chi connectivity index (χ1v) is 4.41. The van der Waals surface area contributed by atoms with E-state index in [4.69, 9.17) is 11.6 Å². The first-order valence-electron chi connectivity index (χ1n) is 3.16. The van der Waals surface area contributed by atoms with Gasteiger partial charge in [0.1, 0.15) is 0 Å². The molecule has 0 saturated heterocycles. The predicted molar refractivity (Wildman–Crippen MR) is 46.8 cm³/mol. The lowest BCUT2D eigenvalue weighted by atomic mass is 10.3. The average molecular weight is 176 g/mol. The fourth-order valence-electron chi connectivity index (χ4n) is 0.745. The third-order valence-corrected chi connectivity index (χ3v) is 3.01. The summed E-state index contributed by atoms with van der Waals surface area (Å²) in [6.07, 6.45) is 0. The molecule has 0 aliphatic carbocycles. The quantitative estimate of drug-likeness (QED) is 0.729. The summed E-state index contributed by atoms with van der Waals surface area (Å²) in [6, 6.07) is 2.29. The highest BCUT2D eigenvalue weighted by Gasteiger charge is 2.07.